The van der Waals surface area contributed by atoms with Crippen molar-refractivity contribution in [2.24, 2.45) is 0 Å². The molecule has 0 fully saturated rings. The molecule has 0 aliphatic carbocycles. The number of rotatable bonds is 4. The van der Waals surface area contributed by atoms with Crippen LogP contribution < -0.4 is 10.4 Å². The molecule has 0 spiro atoms. The molecule has 1 heterocycles. The van der Waals surface area contributed by atoms with Gasteiger partial charge in [0.15, 0.2) is 0 Å². The zero-order valence-corrected chi connectivity index (χ0v) is 14.4. The van der Waals surface area contributed by atoms with Gasteiger partial charge >= 0.3 is 5.63 Å². The lowest BCUT2D eigenvalue weighted by Crippen LogP contribution is -2.03. The van der Waals surface area contributed by atoms with Crippen molar-refractivity contribution in [3.63, 3.8) is 0 Å². The first-order chi connectivity index (χ1) is 12.7. The van der Waals surface area contributed by atoms with Crippen molar-refractivity contribution >= 4 is 11.0 Å². The molecule has 0 N–H and O–H groups in total. The van der Waals surface area contributed by atoms with E-state index in [2.05, 4.69) is 0 Å². The van der Waals surface area contributed by atoms with Gasteiger partial charge in [0.1, 0.15) is 17.9 Å². The van der Waals surface area contributed by atoms with Crippen molar-refractivity contribution in [2.75, 3.05) is 0 Å². The smallest absolute Gasteiger partial charge is 0.344 e. The summed E-state index contributed by atoms with van der Waals surface area (Å²) in [4.78, 5) is 12.4. The molecule has 128 valence electrons. The summed E-state index contributed by atoms with van der Waals surface area (Å²) < 4.78 is 11.3. The highest BCUT2D eigenvalue weighted by Gasteiger charge is 2.09. The number of fused-ring (bicyclic) bond motifs is 1. The van der Waals surface area contributed by atoms with Gasteiger partial charge in [0, 0.05) is 5.39 Å². The van der Waals surface area contributed by atoms with Crippen LogP contribution >= 0.6 is 0 Å². The zero-order chi connectivity index (χ0) is 17.9. The van der Waals surface area contributed by atoms with E-state index in [1.807, 2.05) is 85.8 Å². The van der Waals surface area contributed by atoms with Gasteiger partial charge in [0.25, 0.3) is 0 Å². The average Bonchev–Trinajstić information content (AvgIpc) is 2.67. The molecule has 26 heavy (non-hydrogen) atoms. The van der Waals surface area contributed by atoms with Crippen molar-refractivity contribution in [2.45, 2.75) is 13.5 Å². The number of benzene rings is 3. The van der Waals surface area contributed by atoms with E-state index < -0.39 is 0 Å². The molecule has 0 bridgehead atoms. The van der Waals surface area contributed by atoms with Gasteiger partial charge in [-0.15, -0.1) is 0 Å². The summed E-state index contributed by atoms with van der Waals surface area (Å²) in [5.74, 6) is 0.718. The minimum atomic E-state index is -0.346. The minimum Gasteiger partial charge on any atom is -0.489 e. The molecule has 3 heteroatoms. The third-order valence-corrected chi connectivity index (χ3v) is 4.28. The molecule has 0 aliphatic rings. The summed E-state index contributed by atoms with van der Waals surface area (Å²) in [7, 11) is 0. The zero-order valence-electron chi connectivity index (χ0n) is 14.4. The van der Waals surface area contributed by atoms with E-state index in [1.165, 1.54) is 0 Å². The number of hydrogen-bond donors (Lipinski definition) is 0. The maximum atomic E-state index is 12.4. The molecule has 0 unspecified atom stereocenters. The van der Waals surface area contributed by atoms with Crippen LogP contribution in [-0.2, 0) is 6.61 Å². The highest BCUT2D eigenvalue weighted by molar-refractivity contribution is 5.82. The fraction of sp³-hybridized carbons (Fsp3) is 0.0870. The van der Waals surface area contributed by atoms with E-state index >= 15 is 0 Å². The van der Waals surface area contributed by atoms with Crippen molar-refractivity contribution in [3.05, 3.63) is 100 Å². The first kappa shape index (κ1) is 16.2. The van der Waals surface area contributed by atoms with Crippen LogP contribution in [0.25, 0.3) is 22.1 Å². The van der Waals surface area contributed by atoms with Crippen molar-refractivity contribution in [1.82, 2.24) is 0 Å². The lowest BCUT2D eigenvalue weighted by atomic mass is 10.0. The van der Waals surface area contributed by atoms with E-state index in [0.29, 0.717) is 17.8 Å². The van der Waals surface area contributed by atoms with Gasteiger partial charge < -0.3 is 9.15 Å². The van der Waals surface area contributed by atoms with Crippen LogP contribution in [0.5, 0.6) is 5.75 Å². The fourth-order valence-electron chi connectivity index (χ4n) is 2.94. The molecule has 0 amide bonds. The van der Waals surface area contributed by atoms with Gasteiger partial charge in [-0.3, -0.25) is 0 Å². The highest BCUT2D eigenvalue weighted by atomic mass is 16.5. The predicted octanol–water partition coefficient (Wildman–Crippen LogP) is 5.35. The largest absolute Gasteiger partial charge is 0.489 e. The minimum absolute atomic E-state index is 0.346. The van der Waals surface area contributed by atoms with Crippen LogP contribution in [0.2, 0.25) is 0 Å². The Kier molecular flexibility index (Phi) is 4.28. The fourth-order valence-corrected chi connectivity index (χ4v) is 2.94. The number of aryl methyl sites for hydroxylation is 1. The molecule has 4 rings (SSSR count). The van der Waals surface area contributed by atoms with Crippen LogP contribution in [0, 0.1) is 6.92 Å². The molecule has 0 saturated carbocycles. The standard InChI is InChI=1S/C23H18O3/c1-16-10-11-22-19(12-16)14-21(23(24)26-22)18-8-5-9-20(13-18)25-15-17-6-3-2-4-7-17/h2-14H,15H2,1H3. The maximum absolute atomic E-state index is 12.4. The van der Waals surface area contributed by atoms with E-state index in [4.69, 9.17) is 9.15 Å². The number of hydrogen-bond acceptors (Lipinski definition) is 3. The highest BCUT2D eigenvalue weighted by Crippen LogP contribution is 2.25. The van der Waals surface area contributed by atoms with Gasteiger partial charge in [0.2, 0.25) is 0 Å². The predicted molar refractivity (Wildman–Crippen MR) is 103 cm³/mol. The molecular formula is C23H18O3. The first-order valence-corrected chi connectivity index (χ1v) is 8.51. The molecule has 1 aromatic heterocycles. The topological polar surface area (TPSA) is 39.4 Å². The summed E-state index contributed by atoms with van der Waals surface area (Å²) in [5.41, 5.74) is 3.79. The van der Waals surface area contributed by atoms with Crippen molar-refractivity contribution < 1.29 is 9.15 Å². The van der Waals surface area contributed by atoms with Crippen LogP contribution in [0.4, 0.5) is 0 Å². The Morgan fingerprint density at radius 1 is 0.885 bits per heavy atom. The maximum Gasteiger partial charge on any atom is 0.344 e. The van der Waals surface area contributed by atoms with Crippen LogP contribution in [0.3, 0.4) is 0 Å². The van der Waals surface area contributed by atoms with E-state index in [1.54, 1.807) is 0 Å². The van der Waals surface area contributed by atoms with Gasteiger partial charge in [-0.05, 0) is 48.4 Å². The van der Waals surface area contributed by atoms with Crippen molar-refractivity contribution in [3.8, 4) is 16.9 Å². The second-order valence-corrected chi connectivity index (χ2v) is 6.29. The Bertz CT molecular complexity index is 1110. The third-order valence-electron chi connectivity index (χ3n) is 4.28. The Balaban J connectivity index is 1.66. The second-order valence-electron chi connectivity index (χ2n) is 6.29. The lowest BCUT2D eigenvalue weighted by molar-refractivity contribution is 0.306. The average molecular weight is 342 g/mol. The summed E-state index contributed by atoms with van der Waals surface area (Å²) in [6.07, 6.45) is 0. The molecule has 3 aromatic carbocycles. The van der Waals surface area contributed by atoms with Crippen LogP contribution in [-0.4, -0.2) is 0 Å². The quantitative estimate of drug-likeness (QED) is 0.470. The molecule has 0 aliphatic heterocycles. The van der Waals surface area contributed by atoms with Gasteiger partial charge in [-0.25, -0.2) is 4.79 Å². The summed E-state index contributed by atoms with van der Waals surface area (Å²) >= 11 is 0. The van der Waals surface area contributed by atoms with Gasteiger partial charge in [-0.1, -0.05) is 54.1 Å². The summed E-state index contributed by atoms with van der Waals surface area (Å²) in [6, 6.07) is 25.2. The Morgan fingerprint density at radius 2 is 1.73 bits per heavy atom. The first-order valence-electron chi connectivity index (χ1n) is 8.51. The molecular weight excluding hydrogens is 324 g/mol. The summed E-state index contributed by atoms with van der Waals surface area (Å²) in [5, 5.41) is 0.912. The number of ether oxygens (including phenoxy) is 1. The Labute approximate surface area is 151 Å². The second kappa shape index (κ2) is 6.89. The van der Waals surface area contributed by atoms with E-state index in [-0.39, 0.29) is 5.63 Å². The van der Waals surface area contributed by atoms with Gasteiger partial charge in [0.05, 0.1) is 5.56 Å². The Hall–Kier alpha value is -3.33. The van der Waals surface area contributed by atoms with E-state index in [0.717, 1.165) is 27.8 Å². The summed E-state index contributed by atoms with van der Waals surface area (Å²) in [6.45, 7) is 2.50. The molecule has 4 aromatic rings. The van der Waals surface area contributed by atoms with Gasteiger partial charge in [-0.2, -0.15) is 0 Å². The molecule has 0 saturated heterocycles. The molecule has 0 radical (unpaired) electrons. The van der Waals surface area contributed by atoms with Crippen molar-refractivity contribution in [1.29, 1.82) is 0 Å². The Morgan fingerprint density at radius 3 is 2.58 bits per heavy atom. The van der Waals surface area contributed by atoms with Crippen LogP contribution in [0.1, 0.15) is 11.1 Å². The SMILES string of the molecule is Cc1ccc2oc(=O)c(-c3cccc(OCc4ccccc4)c3)cc2c1. The monoisotopic (exact) mass is 342 g/mol. The third kappa shape index (κ3) is 3.38. The molecule has 3 nitrogen and oxygen atoms in total. The normalized spacial score (nSPS) is 10.8. The lowest BCUT2D eigenvalue weighted by Gasteiger charge is -2.08. The van der Waals surface area contributed by atoms with E-state index in [9.17, 15) is 4.79 Å². The molecule has 0 atom stereocenters. The van der Waals surface area contributed by atoms with Crippen LogP contribution in [0.15, 0.2) is 88.1 Å².